The van der Waals surface area contributed by atoms with E-state index >= 15 is 0 Å². The van der Waals surface area contributed by atoms with Crippen LogP contribution in [0.3, 0.4) is 0 Å². The fraction of sp³-hybridized carbons (Fsp3) is 0.267. The Morgan fingerprint density at radius 3 is 2.58 bits per heavy atom. The van der Waals surface area contributed by atoms with Crippen LogP contribution < -0.4 is 10.6 Å². The molecule has 0 aliphatic heterocycles. The van der Waals surface area contributed by atoms with Gasteiger partial charge in [-0.3, -0.25) is 4.79 Å². The Morgan fingerprint density at radius 1 is 1.26 bits per heavy atom. The number of carbonyl (C=O) groups is 1. The molecule has 100 valence electrons. The standard InChI is InChI=1S/C15H18N2O2/c1-3-10-17(13-7-5-4-6-12(13)16)15(18)14-9-8-11(2)19-14/h4-9H,3,10,16H2,1-2H3. The number of nitrogens with two attached hydrogens (primary N) is 1. The summed E-state index contributed by atoms with van der Waals surface area (Å²) in [5.41, 5.74) is 7.26. The molecule has 0 atom stereocenters. The van der Waals surface area contributed by atoms with Crippen LogP contribution in [0.5, 0.6) is 0 Å². The number of rotatable bonds is 4. The second-order valence-corrected chi connectivity index (χ2v) is 4.43. The van der Waals surface area contributed by atoms with E-state index in [2.05, 4.69) is 0 Å². The molecule has 4 heteroatoms. The van der Waals surface area contributed by atoms with E-state index in [-0.39, 0.29) is 5.91 Å². The molecule has 2 rings (SSSR count). The minimum absolute atomic E-state index is 0.159. The molecule has 0 spiro atoms. The maximum absolute atomic E-state index is 12.5. The van der Waals surface area contributed by atoms with Gasteiger partial charge in [-0.15, -0.1) is 0 Å². The summed E-state index contributed by atoms with van der Waals surface area (Å²) in [7, 11) is 0. The van der Waals surface area contributed by atoms with Crippen molar-refractivity contribution >= 4 is 17.3 Å². The first-order valence-corrected chi connectivity index (χ1v) is 6.36. The van der Waals surface area contributed by atoms with Gasteiger partial charge in [-0.1, -0.05) is 19.1 Å². The third-order valence-corrected chi connectivity index (χ3v) is 2.87. The van der Waals surface area contributed by atoms with Gasteiger partial charge in [0.2, 0.25) is 0 Å². The van der Waals surface area contributed by atoms with Crippen molar-refractivity contribution in [2.24, 2.45) is 0 Å². The second-order valence-electron chi connectivity index (χ2n) is 4.43. The Balaban J connectivity index is 2.35. The van der Waals surface area contributed by atoms with Crippen LogP contribution in [-0.4, -0.2) is 12.5 Å². The van der Waals surface area contributed by atoms with E-state index in [4.69, 9.17) is 10.2 Å². The molecule has 1 aromatic heterocycles. The van der Waals surface area contributed by atoms with E-state index in [0.717, 1.165) is 17.9 Å². The van der Waals surface area contributed by atoms with Crippen molar-refractivity contribution in [3.63, 3.8) is 0 Å². The number of hydrogen-bond donors (Lipinski definition) is 1. The van der Waals surface area contributed by atoms with Crippen molar-refractivity contribution in [1.29, 1.82) is 0 Å². The highest BCUT2D eigenvalue weighted by Gasteiger charge is 2.21. The number of nitrogen functional groups attached to an aromatic ring is 1. The lowest BCUT2D eigenvalue weighted by Gasteiger charge is -2.22. The summed E-state index contributed by atoms with van der Waals surface area (Å²) in [6.07, 6.45) is 0.847. The number of amides is 1. The predicted molar refractivity (Wildman–Crippen MR) is 76.3 cm³/mol. The molecule has 0 aliphatic carbocycles. The highest BCUT2D eigenvalue weighted by atomic mass is 16.3. The average molecular weight is 258 g/mol. The molecule has 0 saturated heterocycles. The number of anilines is 2. The van der Waals surface area contributed by atoms with Crippen LogP contribution in [0.15, 0.2) is 40.8 Å². The van der Waals surface area contributed by atoms with E-state index in [1.807, 2.05) is 32.0 Å². The molecule has 0 unspecified atom stereocenters. The van der Waals surface area contributed by atoms with Crippen LogP contribution in [0.2, 0.25) is 0 Å². The molecule has 1 aromatic carbocycles. The number of hydrogen-bond acceptors (Lipinski definition) is 3. The molecule has 2 N–H and O–H groups in total. The van der Waals surface area contributed by atoms with Gasteiger partial charge in [0.15, 0.2) is 5.76 Å². The van der Waals surface area contributed by atoms with Crippen LogP contribution in [-0.2, 0) is 0 Å². The number of furan rings is 1. The Hall–Kier alpha value is -2.23. The fourth-order valence-corrected chi connectivity index (χ4v) is 1.97. The Kier molecular flexibility index (Phi) is 3.90. The Bertz CT molecular complexity index is 575. The van der Waals surface area contributed by atoms with Gasteiger partial charge < -0.3 is 15.1 Å². The van der Waals surface area contributed by atoms with Crippen LogP contribution in [0.25, 0.3) is 0 Å². The summed E-state index contributed by atoms with van der Waals surface area (Å²) in [4.78, 5) is 14.1. The van der Waals surface area contributed by atoms with Crippen molar-refractivity contribution in [3.05, 3.63) is 47.9 Å². The van der Waals surface area contributed by atoms with E-state index in [1.54, 1.807) is 23.1 Å². The minimum Gasteiger partial charge on any atom is -0.456 e. The maximum atomic E-state index is 12.5. The molecule has 0 fully saturated rings. The summed E-state index contributed by atoms with van der Waals surface area (Å²) in [5.74, 6) is 0.905. The highest BCUT2D eigenvalue weighted by Crippen LogP contribution is 2.25. The highest BCUT2D eigenvalue weighted by molar-refractivity contribution is 6.05. The number of para-hydroxylation sites is 2. The van der Waals surface area contributed by atoms with Crippen molar-refractivity contribution in [2.45, 2.75) is 20.3 Å². The molecule has 19 heavy (non-hydrogen) atoms. The number of nitrogens with zero attached hydrogens (tertiary/aromatic N) is 1. The maximum Gasteiger partial charge on any atom is 0.294 e. The zero-order valence-electron chi connectivity index (χ0n) is 11.2. The quantitative estimate of drug-likeness (QED) is 0.856. The zero-order chi connectivity index (χ0) is 13.8. The third-order valence-electron chi connectivity index (χ3n) is 2.87. The predicted octanol–water partition coefficient (Wildman–Crippen LogP) is 3.23. The van der Waals surface area contributed by atoms with Crippen molar-refractivity contribution in [3.8, 4) is 0 Å². The van der Waals surface area contributed by atoms with Crippen LogP contribution >= 0.6 is 0 Å². The first-order valence-electron chi connectivity index (χ1n) is 6.36. The summed E-state index contributed by atoms with van der Waals surface area (Å²) in [5, 5.41) is 0. The summed E-state index contributed by atoms with van der Waals surface area (Å²) >= 11 is 0. The van der Waals surface area contributed by atoms with Gasteiger partial charge in [-0.2, -0.15) is 0 Å². The van der Waals surface area contributed by atoms with E-state index in [0.29, 0.717) is 18.0 Å². The van der Waals surface area contributed by atoms with E-state index in [1.165, 1.54) is 0 Å². The molecule has 0 bridgehead atoms. The molecular weight excluding hydrogens is 240 g/mol. The summed E-state index contributed by atoms with van der Waals surface area (Å²) in [6.45, 7) is 4.44. The largest absolute Gasteiger partial charge is 0.456 e. The lowest BCUT2D eigenvalue weighted by atomic mass is 10.2. The van der Waals surface area contributed by atoms with Gasteiger partial charge in [0.05, 0.1) is 11.4 Å². The topological polar surface area (TPSA) is 59.5 Å². The molecule has 1 amide bonds. The number of benzene rings is 1. The lowest BCUT2D eigenvalue weighted by Crippen LogP contribution is -2.32. The van der Waals surface area contributed by atoms with E-state index < -0.39 is 0 Å². The van der Waals surface area contributed by atoms with Gasteiger partial charge in [0, 0.05) is 6.54 Å². The van der Waals surface area contributed by atoms with Crippen LogP contribution in [0.1, 0.15) is 29.7 Å². The second kappa shape index (κ2) is 5.61. The summed E-state index contributed by atoms with van der Waals surface area (Å²) in [6, 6.07) is 10.8. The fourth-order valence-electron chi connectivity index (χ4n) is 1.97. The normalized spacial score (nSPS) is 10.4. The number of aryl methyl sites for hydroxylation is 1. The van der Waals surface area contributed by atoms with Crippen molar-refractivity contribution in [1.82, 2.24) is 0 Å². The van der Waals surface area contributed by atoms with E-state index in [9.17, 15) is 4.79 Å². The molecule has 1 heterocycles. The summed E-state index contributed by atoms with van der Waals surface area (Å²) < 4.78 is 5.40. The van der Waals surface area contributed by atoms with Crippen LogP contribution in [0, 0.1) is 6.92 Å². The molecule has 0 radical (unpaired) electrons. The molecule has 0 saturated carbocycles. The average Bonchev–Trinajstić information content (AvgIpc) is 2.83. The zero-order valence-corrected chi connectivity index (χ0v) is 11.2. The molecule has 0 aliphatic rings. The Morgan fingerprint density at radius 2 is 2.00 bits per heavy atom. The smallest absolute Gasteiger partial charge is 0.294 e. The minimum atomic E-state index is -0.159. The molecule has 2 aromatic rings. The van der Waals surface area contributed by atoms with Crippen LogP contribution in [0.4, 0.5) is 11.4 Å². The first kappa shape index (κ1) is 13.2. The monoisotopic (exact) mass is 258 g/mol. The third kappa shape index (κ3) is 2.78. The van der Waals surface area contributed by atoms with Gasteiger partial charge >= 0.3 is 0 Å². The van der Waals surface area contributed by atoms with Crippen molar-refractivity contribution in [2.75, 3.05) is 17.2 Å². The SMILES string of the molecule is CCCN(C(=O)c1ccc(C)o1)c1ccccc1N. The lowest BCUT2D eigenvalue weighted by molar-refractivity contribution is 0.0959. The van der Waals surface area contributed by atoms with Gasteiger partial charge in [0.25, 0.3) is 5.91 Å². The van der Waals surface area contributed by atoms with Gasteiger partial charge in [-0.25, -0.2) is 0 Å². The molecule has 4 nitrogen and oxygen atoms in total. The Labute approximate surface area is 112 Å². The van der Waals surface area contributed by atoms with Gasteiger partial charge in [-0.05, 0) is 37.6 Å². The first-order chi connectivity index (χ1) is 9.13. The van der Waals surface area contributed by atoms with Gasteiger partial charge in [0.1, 0.15) is 5.76 Å². The molecular formula is C15H18N2O2. The number of carbonyl (C=O) groups excluding carboxylic acids is 1. The van der Waals surface area contributed by atoms with Crippen molar-refractivity contribution < 1.29 is 9.21 Å².